The van der Waals surface area contributed by atoms with Gasteiger partial charge in [-0.2, -0.15) is 0 Å². The van der Waals surface area contributed by atoms with E-state index < -0.39 is 5.82 Å². The van der Waals surface area contributed by atoms with E-state index in [4.69, 9.17) is 4.74 Å². The molecule has 3 rings (SSSR count). The highest BCUT2D eigenvalue weighted by molar-refractivity contribution is 14.0. The van der Waals surface area contributed by atoms with Crippen molar-refractivity contribution in [2.45, 2.75) is 52.0 Å². The van der Waals surface area contributed by atoms with Crippen molar-refractivity contribution in [2.24, 2.45) is 4.99 Å². The lowest BCUT2D eigenvalue weighted by molar-refractivity contribution is 0.0694. The number of ether oxygens (including phenoxy) is 1. The molecule has 0 saturated carbocycles. The van der Waals surface area contributed by atoms with E-state index in [1.165, 1.54) is 6.07 Å². The maximum Gasteiger partial charge on any atom is 0.192 e. The molecule has 1 unspecified atom stereocenters. The first-order valence-corrected chi connectivity index (χ1v) is 9.63. The average molecular weight is 513 g/mol. The summed E-state index contributed by atoms with van der Waals surface area (Å²) in [6.07, 6.45) is 0.805. The second-order valence-corrected chi connectivity index (χ2v) is 7.58. The second-order valence-electron chi connectivity index (χ2n) is 7.58. The molecule has 7 heteroatoms. The van der Waals surface area contributed by atoms with Gasteiger partial charge in [-0.05, 0) is 44.5 Å². The van der Waals surface area contributed by atoms with Crippen LogP contribution >= 0.6 is 24.0 Å². The molecular formula is C22H29FIN3O2. The van der Waals surface area contributed by atoms with Crippen LogP contribution in [0.3, 0.4) is 0 Å². The molecule has 158 valence electrons. The number of aliphatic hydroxyl groups is 1. The van der Waals surface area contributed by atoms with Crippen LogP contribution in [-0.4, -0.2) is 23.2 Å². The summed E-state index contributed by atoms with van der Waals surface area (Å²) in [6, 6.07) is 12.8. The molecule has 1 aliphatic rings. The summed E-state index contributed by atoms with van der Waals surface area (Å²) in [5, 5.41) is 16.0. The average Bonchev–Trinajstić information content (AvgIpc) is 2.66. The smallest absolute Gasteiger partial charge is 0.192 e. The van der Waals surface area contributed by atoms with Crippen LogP contribution in [0, 0.1) is 5.82 Å². The molecular weight excluding hydrogens is 484 g/mol. The fraction of sp³-hybridized carbons (Fsp3) is 0.409. The number of fused-ring (bicyclic) bond motifs is 1. The number of aliphatic imine (C=N–C) groups is 1. The first-order chi connectivity index (χ1) is 13.4. The number of rotatable bonds is 5. The first-order valence-electron chi connectivity index (χ1n) is 9.63. The van der Waals surface area contributed by atoms with Crippen molar-refractivity contribution in [1.29, 1.82) is 0 Å². The van der Waals surface area contributed by atoms with Gasteiger partial charge >= 0.3 is 0 Å². The Kier molecular flexibility index (Phi) is 8.27. The zero-order chi connectivity index (χ0) is 20.1. The van der Waals surface area contributed by atoms with E-state index in [1.54, 1.807) is 12.1 Å². The molecule has 0 radical (unpaired) electrons. The van der Waals surface area contributed by atoms with Crippen LogP contribution in [0.4, 0.5) is 4.39 Å². The maximum atomic E-state index is 13.6. The zero-order valence-electron chi connectivity index (χ0n) is 17.0. The first kappa shape index (κ1) is 23.4. The molecule has 0 aromatic heterocycles. The Hall–Kier alpha value is -1.87. The standard InChI is InChI=1S/C22H28FN3O2.HI/c1-4-24-21(25-13-15-9-10-18(23)16(11-15)14-27)26-19-12-22(2,3)28-20-8-6-5-7-17(19)20;/h5-11,19,27H,4,12-14H2,1-3H3,(H2,24,25,26);1H. The summed E-state index contributed by atoms with van der Waals surface area (Å²) in [6.45, 7) is 6.96. The monoisotopic (exact) mass is 513 g/mol. The lowest BCUT2D eigenvalue weighted by atomic mass is 9.90. The Labute approximate surface area is 188 Å². The van der Waals surface area contributed by atoms with Crippen LogP contribution in [-0.2, 0) is 13.2 Å². The fourth-order valence-electron chi connectivity index (χ4n) is 3.43. The van der Waals surface area contributed by atoms with Gasteiger partial charge in [0.05, 0.1) is 19.2 Å². The van der Waals surface area contributed by atoms with Crippen LogP contribution in [0.1, 0.15) is 49.9 Å². The predicted molar refractivity (Wildman–Crippen MR) is 124 cm³/mol. The topological polar surface area (TPSA) is 65.9 Å². The lowest BCUT2D eigenvalue weighted by Gasteiger charge is -2.38. The summed E-state index contributed by atoms with van der Waals surface area (Å²) in [4.78, 5) is 4.65. The number of nitrogens with one attached hydrogen (secondary N) is 2. The van der Waals surface area contributed by atoms with Crippen LogP contribution in [0.15, 0.2) is 47.5 Å². The Bertz CT molecular complexity index is 858. The van der Waals surface area contributed by atoms with Gasteiger partial charge in [-0.1, -0.05) is 24.3 Å². The quantitative estimate of drug-likeness (QED) is 0.317. The SMILES string of the molecule is CCNC(=NCc1ccc(F)c(CO)c1)NC1CC(C)(C)Oc2ccccc21.I. The van der Waals surface area contributed by atoms with E-state index in [1.807, 2.05) is 25.1 Å². The molecule has 0 bridgehead atoms. The Balaban J connectivity index is 0.00000300. The summed E-state index contributed by atoms with van der Waals surface area (Å²) >= 11 is 0. The number of para-hydroxylation sites is 1. The normalized spacial score (nSPS) is 17.6. The molecule has 0 amide bonds. The van der Waals surface area contributed by atoms with Gasteiger partial charge in [0.15, 0.2) is 5.96 Å². The van der Waals surface area contributed by atoms with E-state index in [-0.39, 0.29) is 47.8 Å². The van der Waals surface area contributed by atoms with E-state index in [0.717, 1.165) is 29.8 Å². The summed E-state index contributed by atoms with van der Waals surface area (Å²) < 4.78 is 19.7. The van der Waals surface area contributed by atoms with Gasteiger partial charge in [-0.3, -0.25) is 0 Å². The van der Waals surface area contributed by atoms with Gasteiger partial charge < -0.3 is 20.5 Å². The lowest BCUT2D eigenvalue weighted by Crippen LogP contribution is -2.45. The molecule has 2 aromatic rings. The number of hydrogen-bond donors (Lipinski definition) is 3. The van der Waals surface area contributed by atoms with Crippen molar-refractivity contribution in [3.05, 3.63) is 65.0 Å². The molecule has 1 heterocycles. The van der Waals surface area contributed by atoms with Crippen molar-refractivity contribution in [2.75, 3.05) is 6.54 Å². The summed E-state index contributed by atoms with van der Waals surface area (Å²) in [5.74, 6) is 1.18. The van der Waals surface area contributed by atoms with Crippen molar-refractivity contribution in [3.63, 3.8) is 0 Å². The number of benzene rings is 2. The van der Waals surface area contributed by atoms with Crippen molar-refractivity contribution in [1.82, 2.24) is 10.6 Å². The van der Waals surface area contributed by atoms with E-state index >= 15 is 0 Å². The molecule has 0 saturated heterocycles. The number of nitrogens with zero attached hydrogens (tertiary/aromatic N) is 1. The summed E-state index contributed by atoms with van der Waals surface area (Å²) in [7, 11) is 0. The Morgan fingerprint density at radius 3 is 2.76 bits per heavy atom. The zero-order valence-corrected chi connectivity index (χ0v) is 19.4. The van der Waals surface area contributed by atoms with E-state index in [0.29, 0.717) is 12.5 Å². The molecule has 1 atom stereocenters. The van der Waals surface area contributed by atoms with Crippen LogP contribution in [0.25, 0.3) is 0 Å². The van der Waals surface area contributed by atoms with Gasteiger partial charge in [0.1, 0.15) is 17.2 Å². The van der Waals surface area contributed by atoms with Crippen LogP contribution in [0.2, 0.25) is 0 Å². The van der Waals surface area contributed by atoms with Crippen LogP contribution < -0.4 is 15.4 Å². The predicted octanol–water partition coefficient (Wildman–Crippen LogP) is 4.29. The molecule has 0 fully saturated rings. The van der Waals surface area contributed by atoms with Crippen molar-refractivity contribution >= 4 is 29.9 Å². The van der Waals surface area contributed by atoms with Crippen LogP contribution in [0.5, 0.6) is 5.75 Å². The minimum Gasteiger partial charge on any atom is -0.487 e. The minimum atomic E-state index is -0.402. The number of hydrogen-bond acceptors (Lipinski definition) is 3. The van der Waals surface area contributed by atoms with Gasteiger partial charge in [0.2, 0.25) is 0 Å². The van der Waals surface area contributed by atoms with Gasteiger partial charge in [-0.25, -0.2) is 9.38 Å². The molecule has 3 N–H and O–H groups in total. The van der Waals surface area contributed by atoms with Gasteiger partial charge in [0, 0.05) is 24.1 Å². The van der Waals surface area contributed by atoms with Crippen molar-refractivity contribution in [3.8, 4) is 5.75 Å². The van der Waals surface area contributed by atoms with E-state index in [9.17, 15) is 9.50 Å². The van der Waals surface area contributed by atoms with Gasteiger partial charge in [0.25, 0.3) is 0 Å². The third-order valence-electron chi connectivity index (χ3n) is 4.73. The molecule has 1 aliphatic heterocycles. The third-order valence-corrected chi connectivity index (χ3v) is 4.73. The minimum absolute atomic E-state index is 0. The van der Waals surface area contributed by atoms with Gasteiger partial charge in [-0.15, -0.1) is 24.0 Å². The molecule has 2 aromatic carbocycles. The third kappa shape index (κ3) is 6.05. The Morgan fingerprint density at radius 1 is 1.28 bits per heavy atom. The van der Waals surface area contributed by atoms with E-state index in [2.05, 4.69) is 35.5 Å². The maximum absolute atomic E-state index is 13.6. The second kappa shape index (κ2) is 10.2. The number of aliphatic hydroxyl groups excluding tert-OH is 1. The largest absolute Gasteiger partial charge is 0.487 e. The molecule has 0 aliphatic carbocycles. The number of guanidine groups is 1. The highest BCUT2D eigenvalue weighted by atomic mass is 127. The molecule has 5 nitrogen and oxygen atoms in total. The van der Waals surface area contributed by atoms with Crippen molar-refractivity contribution < 1.29 is 14.2 Å². The molecule has 0 spiro atoms. The summed E-state index contributed by atoms with van der Waals surface area (Å²) in [5.41, 5.74) is 1.95. The fourth-order valence-corrected chi connectivity index (χ4v) is 3.43. The number of halogens is 2. The molecule has 29 heavy (non-hydrogen) atoms. The highest BCUT2D eigenvalue weighted by Crippen LogP contribution is 2.39. The highest BCUT2D eigenvalue weighted by Gasteiger charge is 2.33. The Morgan fingerprint density at radius 2 is 2.03 bits per heavy atom.